The fraction of sp³-hybridized carbons (Fsp3) is 0.296. The quantitative estimate of drug-likeness (QED) is 0.368. The molecule has 4 nitrogen and oxygen atoms in total. The number of carbonyl (C=O) groups excluding carboxylic acids is 1. The molecule has 5 heteroatoms. The van der Waals surface area contributed by atoms with E-state index in [4.69, 9.17) is 10.2 Å². The van der Waals surface area contributed by atoms with Crippen LogP contribution in [0.25, 0.3) is 11.1 Å². The molecule has 1 heterocycles. The van der Waals surface area contributed by atoms with Crippen LogP contribution in [0.15, 0.2) is 66.7 Å². The van der Waals surface area contributed by atoms with Crippen LogP contribution >= 0.6 is 0 Å². The summed E-state index contributed by atoms with van der Waals surface area (Å²) in [5, 5.41) is 0.0866. The molecule has 166 valence electrons. The Morgan fingerprint density at radius 3 is 2.31 bits per heavy atom. The highest BCUT2D eigenvalue weighted by Gasteiger charge is 2.39. The van der Waals surface area contributed by atoms with Crippen molar-refractivity contribution in [2.75, 3.05) is 17.2 Å². The number of hydrogen-bond donors (Lipinski definition) is 1. The minimum absolute atomic E-state index is 0.0170. The third-order valence-corrected chi connectivity index (χ3v) is 11.1. The van der Waals surface area contributed by atoms with Crippen LogP contribution < -0.4 is 15.1 Å². The van der Waals surface area contributed by atoms with Crippen LogP contribution in [-0.4, -0.2) is 20.8 Å². The molecule has 3 aromatic carbocycles. The molecule has 0 bridgehead atoms. The van der Waals surface area contributed by atoms with E-state index in [2.05, 4.69) is 52.1 Å². The summed E-state index contributed by atoms with van der Waals surface area (Å²) >= 11 is 0. The highest BCUT2D eigenvalue weighted by atomic mass is 28.4. The van der Waals surface area contributed by atoms with E-state index < -0.39 is 8.32 Å². The van der Waals surface area contributed by atoms with Gasteiger partial charge in [0, 0.05) is 17.8 Å². The van der Waals surface area contributed by atoms with Crippen molar-refractivity contribution in [1.29, 1.82) is 0 Å². The first-order valence-electron chi connectivity index (χ1n) is 11.2. The van der Waals surface area contributed by atoms with Crippen LogP contribution in [0.5, 0.6) is 5.75 Å². The average Bonchev–Trinajstić information content (AvgIpc) is 2.75. The number of rotatable bonds is 4. The molecule has 0 radical (unpaired) electrons. The van der Waals surface area contributed by atoms with Gasteiger partial charge in [0.2, 0.25) is 0 Å². The average molecular weight is 445 g/mol. The zero-order valence-corrected chi connectivity index (χ0v) is 20.6. The molecule has 0 spiro atoms. The van der Waals surface area contributed by atoms with Crippen molar-refractivity contribution in [3.8, 4) is 16.9 Å². The van der Waals surface area contributed by atoms with E-state index in [1.54, 1.807) is 0 Å². The van der Waals surface area contributed by atoms with Crippen molar-refractivity contribution in [2.45, 2.75) is 45.3 Å². The molecule has 0 fully saturated rings. The maximum Gasteiger partial charge on any atom is 0.258 e. The predicted molar refractivity (Wildman–Crippen MR) is 136 cm³/mol. The summed E-state index contributed by atoms with van der Waals surface area (Å²) in [4.78, 5) is 15.1. The van der Waals surface area contributed by atoms with E-state index in [9.17, 15) is 4.79 Å². The number of anilines is 2. The van der Waals surface area contributed by atoms with Gasteiger partial charge in [0.1, 0.15) is 5.75 Å². The van der Waals surface area contributed by atoms with E-state index in [1.165, 1.54) is 0 Å². The SMILES string of the molecule is CC(C)(C)[Si](C)(C)Oc1ccc(N2CCc3cc(-c4ccccc4)ccc3C2=O)cc1N. The highest BCUT2D eigenvalue weighted by molar-refractivity contribution is 6.74. The first-order chi connectivity index (χ1) is 15.1. The fourth-order valence-electron chi connectivity index (χ4n) is 3.77. The lowest BCUT2D eigenvalue weighted by Gasteiger charge is -2.37. The van der Waals surface area contributed by atoms with E-state index in [0.29, 0.717) is 18.0 Å². The first-order valence-corrected chi connectivity index (χ1v) is 14.1. The fourth-order valence-corrected chi connectivity index (χ4v) is 4.81. The molecular formula is C27H32N2O2Si. The molecule has 4 rings (SSSR count). The molecule has 0 aliphatic carbocycles. The Morgan fingerprint density at radius 1 is 0.938 bits per heavy atom. The van der Waals surface area contributed by atoms with Gasteiger partial charge in [-0.25, -0.2) is 0 Å². The van der Waals surface area contributed by atoms with Gasteiger partial charge in [-0.1, -0.05) is 63.2 Å². The van der Waals surface area contributed by atoms with Gasteiger partial charge in [-0.15, -0.1) is 0 Å². The van der Waals surface area contributed by atoms with Gasteiger partial charge in [-0.2, -0.15) is 0 Å². The predicted octanol–water partition coefficient (Wildman–Crippen LogP) is 6.52. The molecule has 0 saturated carbocycles. The summed E-state index contributed by atoms with van der Waals surface area (Å²) in [6, 6.07) is 22.1. The Bertz CT molecular complexity index is 1150. The van der Waals surface area contributed by atoms with Crippen molar-refractivity contribution in [3.05, 3.63) is 77.9 Å². The normalized spacial score (nSPS) is 14.3. The first kappa shape index (κ1) is 22.2. The van der Waals surface area contributed by atoms with E-state index in [1.807, 2.05) is 53.4 Å². The molecule has 1 amide bonds. The number of nitrogens with two attached hydrogens (primary N) is 1. The lowest BCUT2D eigenvalue weighted by molar-refractivity contribution is 0.0980. The highest BCUT2D eigenvalue weighted by Crippen LogP contribution is 2.40. The summed E-state index contributed by atoms with van der Waals surface area (Å²) < 4.78 is 6.39. The molecule has 32 heavy (non-hydrogen) atoms. The van der Waals surface area contributed by atoms with Crippen LogP contribution in [0, 0.1) is 0 Å². The minimum Gasteiger partial charge on any atom is -0.542 e. The number of nitrogens with zero attached hydrogens (tertiary/aromatic N) is 1. The molecule has 3 aromatic rings. The molecule has 0 aromatic heterocycles. The van der Waals surface area contributed by atoms with Gasteiger partial charge in [0.15, 0.2) is 0 Å². The number of amides is 1. The Labute approximate surface area is 192 Å². The summed E-state index contributed by atoms with van der Waals surface area (Å²) in [5.74, 6) is 0.723. The van der Waals surface area contributed by atoms with Crippen LogP contribution in [0.4, 0.5) is 11.4 Å². The Kier molecular flexibility index (Phi) is 5.63. The number of carbonyl (C=O) groups is 1. The maximum atomic E-state index is 13.3. The second kappa shape index (κ2) is 8.13. The molecule has 2 N–H and O–H groups in total. The van der Waals surface area contributed by atoms with E-state index in [0.717, 1.165) is 34.4 Å². The lowest BCUT2D eigenvalue weighted by Crippen LogP contribution is -2.44. The van der Waals surface area contributed by atoms with Gasteiger partial charge < -0.3 is 15.1 Å². The van der Waals surface area contributed by atoms with Gasteiger partial charge in [-0.05, 0) is 65.5 Å². The second-order valence-electron chi connectivity index (χ2n) is 10.0. The maximum absolute atomic E-state index is 13.3. The monoisotopic (exact) mass is 444 g/mol. The van der Waals surface area contributed by atoms with Crippen molar-refractivity contribution >= 4 is 25.6 Å². The topological polar surface area (TPSA) is 55.6 Å². The van der Waals surface area contributed by atoms with Crippen molar-refractivity contribution in [1.82, 2.24) is 0 Å². The largest absolute Gasteiger partial charge is 0.542 e. The van der Waals surface area contributed by atoms with E-state index in [-0.39, 0.29) is 10.9 Å². The van der Waals surface area contributed by atoms with Crippen molar-refractivity contribution in [3.63, 3.8) is 0 Å². The summed E-state index contributed by atoms with van der Waals surface area (Å²) in [6.45, 7) is 11.7. The zero-order chi connectivity index (χ0) is 23.1. The van der Waals surface area contributed by atoms with Crippen LogP contribution in [0.3, 0.4) is 0 Å². The van der Waals surface area contributed by atoms with Gasteiger partial charge >= 0.3 is 0 Å². The zero-order valence-electron chi connectivity index (χ0n) is 19.6. The third-order valence-electron chi connectivity index (χ3n) is 6.77. The van der Waals surface area contributed by atoms with Gasteiger partial charge in [0.25, 0.3) is 14.2 Å². The summed E-state index contributed by atoms with van der Waals surface area (Å²) in [7, 11) is -1.99. The number of nitrogen functional groups attached to an aromatic ring is 1. The molecule has 0 saturated heterocycles. The van der Waals surface area contributed by atoms with Crippen LogP contribution in [0.2, 0.25) is 18.1 Å². The Hall–Kier alpha value is -3.05. The third kappa shape index (κ3) is 4.17. The van der Waals surface area contributed by atoms with Crippen molar-refractivity contribution in [2.24, 2.45) is 0 Å². The number of fused-ring (bicyclic) bond motifs is 1. The number of hydrogen-bond acceptors (Lipinski definition) is 3. The van der Waals surface area contributed by atoms with Crippen LogP contribution in [-0.2, 0) is 6.42 Å². The smallest absolute Gasteiger partial charge is 0.258 e. The van der Waals surface area contributed by atoms with Gasteiger partial charge in [0.05, 0.1) is 5.69 Å². The van der Waals surface area contributed by atoms with Crippen LogP contribution in [0.1, 0.15) is 36.7 Å². The standard InChI is InChI=1S/C27H32N2O2Si/c1-27(2,3)32(4,5)31-25-14-12-22(18-24(25)28)29-16-15-21-17-20(11-13-23(21)26(29)30)19-9-7-6-8-10-19/h6-14,17-18H,15-16,28H2,1-5H3. The Morgan fingerprint density at radius 2 is 1.66 bits per heavy atom. The molecular weight excluding hydrogens is 412 g/mol. The molecule has 0 atom stereocenters. The molecule has 0 unspecified atom stereocenters. The van der Waals surface area contributed by atoms with Crippen molar-refractivity contribution < 1.29 is 9.22 Å². The molecule has 1 aliphatic rings. The summed E-state index contributed by atoms with van der Waals surface area (Å²) in [6.07, 6.45) is 0.809. The molecule has 1 aliphatic heterocycles. The second-order valence-corrected chi connectivity index (χ2v) is 14.8. The lowest BCUT2D eigenvalue weighted by atomic mass is 9.94. The minimum atomic E-state index is -1.99. The van der Waals surface area contributed by atoms with Gasteiger partial charge in [-0.3, -0.25) is 4.79 Å². The summed E-state index contributed by atoms with van der Waals surface area (Å²) in [5.41, 5.74) is 11.9. The number of benzene rings is 3. The Balaban J connectivity index is 1.57. The van der Waals surface area contributed by atoms with E-state index >= 15 is 0 Å².